The van der Waals surface area contributed by atoms with Gasteiger partial charge in [-0.05, 0) is 17.7 Å². The van der Waals surface area contributed by atoms with E-state index in [-0.39, 0.29) is 12.4 Å². The molecule has 1 aromatic rings. The van der Waals surface area contributed by atoms with E-state index in [1.165, 1.54) is 11.1 Å². The van der Waals surface area contributed by atoms with Crippen LogP contribution in [0.15, 0.2) is 30.8 Å². The third-order valence-corrected chi connectivity index (χ3v) is 1.77. The Kier molecular flexibility index (Phi) is 6.29. The number of hydrogen-bond acceptors (Lipinski definition) is 1. The fraction of sp³-hybridized carbons (Fsp3) is 0.273. The van der Waals surface area contributed by atoms with Crippen molar-refractivity contribution in [1.82, 2.24) is 5.32 Å². The Hall–Kier alpha value is -0.790. The minimum absolute atomic E-state index is 0. The van der Waals surface area contributed by atoms with Gasteiger partial charge in [0.15, 0.2) is 0 Å². The SMILES string of the molecule is C=Cc1cccc(CNCC)c1.Cl. The molecular weight excluding hydrogens is 182 g/mol. The van der Waals surface area contributed by atoms with Crippen LogP contribution < -0.4 is 5.32 Å². The summed E-state index contributed by atoms with van der Waals surface area (Å²) < 4.78 is 0. The van der Waals surface area contributed by atoms with Gasteiger partial charge in [-0.1, -0.05) is 43.8 Å². The van der Waals surface area contributed by atoms with Crippen molar-refractivity contribution in [3.05, 3.63) is 42.0 Å². The van der Waals surface area contributed by atoms with Crippen molar-refractivity contribution in [3.63, 3.8) is 0 Å². The lowest BCUT2D eigenvalue weighted by atomic mass is 10.1. The number of nitrogens with one attached hydrogen (secondary N) is 1. The highest BCUT2D eigenvalue weighted by atomic mass is 35.5. The summed E-state index contributed by atoms with van der Waals surface area (Å²) >= 11 is 0. The Morgan fingerprint density at radius 3 is 2.85 bits per heavy atom. The molecule has 0 amide bonds. The minimum Gasteiger partial charge on any atom is -0.313 e. The summed E-state index contributed by atoms with van der Waals surface area (Å²) in [4.78, 5) is 0. The maximum Gasteiger partial charge on any atom is 0.0205 e. The van der Waals surface area contributed by atoms with Crippen LogP contribution in [0.25, 0.3) is 6.08 Å². The van der Waals surface area contributed by atoms with Crippen molar-refractivity contribution < 1.29 is 0 Å². The molecule has 0 saturated carbocycles. The van der Waals surface area contributed by atoms with E-state index in [4.69, 9.17) is 0 Å². The molecule has 0 radical (unpaired) electrons. The Morgan fingerprint density at radius 2 is 2.23 bits per heavy atom. The molecule has 0 spiro atoms. The molecule has 0 unspecified atom stereocenters. The van der Waals surface area contributed by atoms with Crippen molar-refractivity contribution in [1.29, 1.82) is 0 Å². The maximum absolute atomic E-state index is 3.73. The lowest BCUT2D eigenvalue weighted by Crippen LogP contribution is -2.11. The van der Waals surface area contributed by atoms with E-state index >= 15 is 0 Å². The highest BCUT2D eigenvalue weighted by Gasteiger charge is 1.91. The summed E-state index contributed by atoms with van der Waals surface area (Å²) in [5, 5.41) is 3.28. The van der Waals surface area contributed by atoms with E-state index in [0.717, 1.165) is 13.1 Å². The zero-order valence-electron chi connectivity index (χ0n) is 7.92. The van der Waals surface area contributed by atoms with Crippen LogP contribution in [0.4, 0.5) is 0 Å². The minimum atomic E-state index is 0. The Labute approximate surface area is 86.3 Å². The molecule has 0 aliphatic carbocycles. The molecule has 1 rings (SSSR count). The smallest absolute Gasteiger partial charge is 0.0205 e. The summed E-state index contributed by atoms with van der Waals surface area (Å²) in [6, 6.07) is 8.39. The standard InChI is InChI=1S/C11H15N.ClH/c1-3-10-6-5-7-11(8-10)9-12-4-2;/h3,5-8,12H,1,4,9H2,2H3;1H. The first-order valence-corrected chi connectivity index (χ1v) is 4.29. The average Bonchev–Trinajstić information content (AvgIpc) is 2.15. The van der Waals surface area contributed by atoms with Crippen LogP contribution in [0, 0.1) is 0 Å². The first-order valence-electron chi connectivity index (χ1n) is 4.29. The number of rotatable bonds is 4. The van der Waals surface area contributed by atoms with Gasteiger partial charge in [-0.3, -0.25) is 0 Å². The maximum atomic E-state index is 3.73. The zero-order chi connectivity index (χ0) is 8.81. The fourth-order valence-corrected chi connectivity index (χ4v) is 1.10. The first kappa shape index (κ1) is 12.2. The molecule has 0 bridgehead atoms. The topological polar surface area (TPSA) is 12.0 Å². The monoisotopic (exact) mass is 197 g/mol. The molecule has 0 saturated heterocycles. The van der Waals surface area contributed by atoms with Crippen LogP contribution >= 0.6 is 12.4 Å². The highest BCUT2D eigenvalue weighted by Crippen LogP contribution is 2.05. The Bertz CT molecular complexity index is 258. The largest absolute Gasteiger partial charge is 0.313 e. The Morgan fingerprint density at radius 1 is 1.46 bits per heavy atom. The summed E-state index contributed by atoms with van der Waals surface area (Å²) in [5.74, 6) is 0. The van der Waals surface area contributed by atoms with Gasteiger partial charge in [0.1, 0.15) is 0 Å². The first-order chi connectivity index (χ1) is 5.86. The second-order valence-corrected chi connectivity index (χ2v) is 2.73. The van der Waals surface area contributed by atoms with Crippen molar-refractivity contribution >= 4 is 18.5 Å². The van der Waals surface area contributed by atoms with Gasteiger partial charge in [-0.25, -0.2) is 0 Å². The van der Waals surface area contributed by atoms with Crippen molar-refractivity contribution in [3.8, 4) is 0 Å². The molecule has 0 atom stereocenters. The van der Waals surface area contributed by atoms with Crippen LogP contribution in [0.2, 0.25) is 0 Å². The quantitative estimate of drug-likeness (QED) is 0.783. The number of benzene rings is 1. The van der Waals surface area contributed by atoms with Gasteiger partial charge in [0.05, 0.1) is 0 Å². The van der Waals surface area contributed by atoms with Gasteiger partial charge in [0.2, 0.25) is 0 Å². The van der Waals surface area contributed by atoms with Crippen LogP contribution in [0.5, 0.6) is 0 Å². The van der Waals surface area contributed by atoms with Crippen LogP contribution in [0.3, 0.4) is 0 Å². The summed E-state index contributed by atoms with van der Waals surface area (Å²) in [5.41, 5.74) is 2.50. The van der Waals surface area contributed by atoms with E-state index in [9.17, 15) is 0 Å². The number of halogens is 1. The van der Waals surface area contributed by atoms with Crippen LogP contribution in [-0.2, 0) is 6.54 Å². The molecule has 1 N–H and O–H groups in total. The summed E-state index contributed by atoms with van der Waals surface area (Å²) in [7, 11) is 0. The molecule has 0 aromatic heterocycles. The fourth-order valence-electron chi connectivity index (χ4n) is 1.10. The zero-order valence-corrected chi connectivity index (χ0v) is 8.73. The molecule has 0 heterocycles. The van der Waals surface area contributed by atoms with E-state index in [2.05, 4.69) is 43.1 Å². The number of hydrogen-bond donors (Lipinski definition) is 1. The molecule has 1 nitrogen and oxygen atoms in total. The second-order valence-electron chi connectivity index (χ2n) is 2.73. The lowest BCUT2D eigenvalue weighted by molar-refractivity contribution is 0.727. The predicted octanol–water partition coefficient (Wildman–Crippen LogP) is 2.86. The van der Waals surface area contributed by atoms with Gasteiger partial charge >= 0.3 is 0 Å². The van der Waals surface area contributed by atoms with E-state index in [1.807, 2.05) is 6.08 Å². The molecule has 0 aliphatic heterocycles. The molecule has 1 aromatic carbocycles. The lowest BCUT2D eigenvalue weighted by Gasteiger charge is -2.02. The van der Waals surface area contributed by atoms with Gasteiger partial charge in [-0.2, -0.15) is 0 Å². The molecule has 72 valence electrons. The molecule has 2 heteroatoms. The van der Waals surface area contributed by atoms with Crippen LogP contribution in [0.1, 0.15) is 18.1 Å². The van der Waals surface area contributed by atoms with Crippen molar-refractivity contribution in [2.24, 2.45) is 0 Å². The van der Waals surface area contributed by atoms with E-state index < -0.39 is 0 Å². The normalized spacial score (nSPS) is 9.00. The van der Waals surface area contributed by atoms with E-state index in [1.54, 1.807) is 0 Å². The summed E-state index contributed by atoms with van der Waals surface area (Å²) in [6.45, 7) is 7.80. The van der Waals surface area contributed by atoms with Gasteiger partial charge < -0.3 is 5.32 Å². The van der Waals surface area contributed by atoms with Gasteiger partial charge in [0, 0.05) is 6.54 Å². The van der Waals surface area contributed by atoms with Crippen molar-refractivity contribution in [2.75, 3.05) is 6.54 Å². The highest BCUT2D eigenvalue weighted by molar-refractivity contribution is 5.85. The third-order valence-electron chi connectivity index (χ3n) is 1.77. The van der Waals surface area contributed by atoms with Crippen LogP contribution in [-0.4, -0.2) is 6.54 Å². The van der Waals surface area contributed by atoms with E-state index in [0.29, 0.717) is 0 Å². The second kappa shape index (κ2) is 6.70. The average molecular weight is 198 g/mol. The molecule has 0 aliphatic rings. The Balaban J connectivity index is 0.00000144. The third kappa shape index (κ3) is 4.11. The van der Waals surface area contributed by atoms with Gasteiger partial charge in [-0.15, -0.1) is 12.4 Å². The molecular formula is C11H16ClN. The van der Waals surface area contributed by atoms with Crippen molar-refractivity contribution in [2.45, 2.75) is 13.5 Å². The molecule has 13 heavy (non-hydrogen) atoms. The molecule has 0 fully saturated rings. The summed E-state index contributed by atoms with van der Waals surface area (Å²) in [6.07, 6.45) is 1.87. The van der Waals surface area contributed by atoms with Gasteiger partial charge in [0.25, 0.3) is 0 Å². The predicted molar refractivity (Wildman–Crippen MR) is 61.2 cm³/mol.